The molecule has 4 N–H and O–H groups in total. The lowest BCUT2D eigenvalue weighted by molar-refractivity contribution is 0.0951. The summed E-state index contributed by atoms with van der Waals surface area (Å²) < 4.78 is 0.979. The van der Waals surface area contributed by atoms with Crippen molar-refractivity contribution in [1.29, 1.82) is 0 Å². The molecule has 2 rings (SSSR count). The van der Waals surface area contributed by atoms with Gasteiger partial charge in [-0.25, -0.2) is 10.8 Å². The summed E-state index contributed by atoms with van der Waals surface area (Å²) in [5.74, 6) is 4.79. The molecule has 0 atom stereocenters. The number of nitrogens with two attached hydrogens (primary N) is 1. The van der Waals surface area contributed by atoms with Crippen LogP contribution in [0.15, 0.2) is 39.7 Å². The van der Waals surface area contributed by atoms with Gasteiger partial charge in [0.2, 0.25) is 0 Å². The van der Waals surface area contributed by atoms with Crippen molar-refractivity contribution in [1.82, 2.24) is 15.4 Å². The Labute approximate surface area is 117 Å². The molecule has 7 heteroatoms. The van der Waals surface area contributed by atoms with Crippen LogP contribution in [0.25, 0.3) is 0 Å². The Kier molecular flexibility index (Phi) is 4.08. The van der Waals surface area contributed by atoms with Gasteiger partial charge >= 0.3 is 0 Å². The van der Waals surface area contributed by atoms with Crippen molar-refractivity contribution >= 4 is 21.8 Å². The van der Waals surface area contributed by atoms with Gasteiger partial charge in [0.05, 0.1) is 0 Å². The fourth-order valence-electron chi connectivity index (χ4n) is 1.56. The number of aromatic nitrogens is 2. The van der Waals surface area contributed by atoms with E-state index < -0.39 is 11.5 Å². The highest BCUT2D eigenvalue weighted by Gasteiger charge is 2.10. The van der Waals surface area contributed by atoms with E-state index >= 15 is 0 Å². The van der Waals surface area contributed by atoms with E-state index in [1.807, 2.05) is 29.7 Å². The molecule has 0 saturated carbocycles. The molecule has 1 aromatic carbocycles. The predicted molar refractivity (Wildman–Crippen MR) is 73.5 cm³/mol. The quantitative estimate of drug-likeness (QED) is 0.440. The summed E-state index contributed by atoms with van der Waals surface area (Å²) in [5.41, 5.74) is 2.28. The minimum atomic E-state index is -0.663. The first-order chi connectivity index (χ1) is 9.10. The number of carbonyl (C=O) groups is 1. The van der Waals surface area contributed by atoms with Gasteiger partial charge in [0.15, 0.2) is 0 Å². The summed E-state index contributed by atoms with van der Waals surface area (Å²) in [6, 6.07) is 7.66. The van der Waals surface area contributed by atoms with E-state index in [-0.39, 0.29) is 5.56 Å². The van der Waals surface area contributed by atoms with Crippen molar-refractivity contribution in [3.05, 3.63) is 62.2 Å². The molecule has 19 heavy (non-hydrogen) atoms. The lowest BCUT2D eigenvalue weighted by atomic mass is 10.1. The molecule has 0 spiro atoms. The number of hydrazine groups is 1. The number of amides is 1. The summed E-state index contributed by atoms with van der Waals surface area (Å²) in [7, 11) is 0. The first-order valence-electron chi connectivity index (χ1n) is 5.43. The summed E-state index contributed by atoms with van der Waals surface area (Å²) in [4.78, 5) is 29.5. The number of aromatic amines is 1. The number of benzene rings is 1. The number of nitrogen functional groups attached to an aromatic ring is 1. The van der Waals surface area contributed by atoms with E-state index in [1.165, 1.54) is 6.20 Å². The van der Waals surface area contributed by atoms with E-state index in [4.69, 9.17) is 5.84 Å². The average Bonchev–Trinajstić information content (AvgIpc) is 2.41. The van der Waals surface area contributed by atoms with Gasteiger partial charge in [-0.3, -0.25) is 15.0 Å². The van der Waals surface area contributed by atoms with Crippen molar-refractivity contribution in [2.24, 2.45) is 5.84 Å². The molecular formula is C12H11BrN4O2. The largest absolute Gasteiger partial charge is 0.310 e. The van der Waals surface area contributed by atoms with E-state index in [0.717, 1.165) is 10.0 Å². The molecule has 0 saturated heterocycles. The molecule has 0 radical (unpaired) electrons. The molecule has 0 aliphatic heterocycles. The van der Waals surface area contributed by atoms with Crippen LogP contribution in [-0.2, 0) is 6.42 Å². The SMILES string of the molecule is NNC(=O)c1cnc(Cc2ccc(Br)cc2)[nH]c1=O. The third-order valence-corrected chi connectivity index (χ3v) is 3.04. The Morgan fingerprint density at radius 1 is 1.37 bits per heavy atom. The molecule has 0 unspecified atom stereocenters. The maximum absolute atomic E-state index is 11.7. The highest BCUT2D eigenvalue weighted by Crippen LogP contribution is 2.12. The van der Waals surface area contributed by atoms with Crippen LogP contribution < -0.4 is 16.8 Å². The zero-order valence-corrected chi connectivity index (χ0v) is 11.4. The van der Waals surface area contributed by atoms with E-state index in [9.17, 15) is 9.59 Å². The molecule has 6 nitrogen and oxygen atoms in total. The molecule has 1 amide bonds. The van der Waals surface area contributed by atoms with Crippen molar-refractivity contribution in [3.8, 4) is 0 Å². The van der Waals surface area contributed by atoms with Crippen molar-refractivity contribution in [2.45, 2.75) is 6.42 Å². The van der Waals surface area contributed by atoms with Gasteiger partial charge in [-0.15, -0.1) is 0 Å². The van der Waals surface area contributed by atoms with Gasteiger partial charge in [0.25, 0.3) is 11.5 Å². The van der Waals surface area contributed by atoms with Gasteiger partial charge < -0.3 is 4.98 Å². The van der Waals surface area contributed by atoms with E-state index in [2.05, 4.69) is 25.9 Å². The monoisotopic (exact) mass is 322 g/mol. The lowest BCUT2D eigenvalue weighted by Crippen LogP contribution is -2.34. The Bertz CT molecular complexity index is 652. The molecule has 98 valence electrons. The zero-order chi connectivity index (χ0) is 13.8. The third kappa shape index (κ3) is 3.27. The van der Waals surface area contributed by atoms with Crippen molar-refractivity contribution in [3.63, 3.8) is 0 Å². The minimum Gasteiger partial charge on any atom is -0.310 e. The Morgan fingerprint density at radius 3 is 2.63 bits per heavy atom. The molecule has 1 aromatic heterocycles. The molecule has 0 fully saturated rings. The number of rotatable bonds is 3. The minimum absolute atomic E-state index is 0.109. The van der Waals surface area contributed by atoms with Crippen LogP contribution in [0.2, 0.25) is 0 Å². The van der Waals surface area contributed by atoms with Gasteiger partial charge in [-0.2, -0.15) is 0 Å². The Balaban J connectivity index is 2.23. The summed E-state index contributed by atoms with van der Waals surface area (Å²) in [6.45, 7) is 0. The second-order valence-corrected chi connectivity index (χ2v) is 4.77. The van der Waals surface area contributed by atoms with Crippen LogP contribution in [0.1, 0.15) is 21.7 Å². The Hall–Kier alpha value is -1.99. The molecule has 0 bridgehead atoms. The second kappa shape index (κ2) is 5.77. The van der Waals surface area contributed by atoms with Crippen LogP contribution in [0.5, 0.6) is 0 Å². The number of halogens is 1. The number of hydrogen-bond acceptors (Lipinski definition) is 4. The van der Waals surface area contributed by atoms with Gasteiger partial charge in [-0.05, 0) is 17.7 Å². The predicted octanol–water partition coefficient (Wildman–Crippen LogP) is 0.727. The highest BCUT2D eigenvalue weighted by molar-refractivity contribution is 9.10. The highest BCUT2D eigenvalue weighted by atomic mass is 79.9. The number of nitrogens with one attached hydrogen (secondary N) is 2. The first kappa shape index (κ1) is 13.4. The van der Waals surface area contributed by atoms with Crippen LogP contribution in [0.3, 0.4) is 0 Å². The smallest absolute Gasteiger partial charge is 0.272 e. The number of hydrogen-bond donors (Lipinski definition) is 3. The van der Waals surface area contributed by atoms with Crippen molar-refractivity contribution < 1.29 is 4.79 Å². The van der Waals surface area contributed by atoms with E-state index in [1.54, 1.807) is 0 Å². The second-order valence-electron chi connectivity index (χ2n) is 3.85. The fraction of sp³-hybridized carbons (Fsp3) is 0.0833. The lowest BCUT2D eigenvalue weighted by Gasteiger charge is -2.03. The van der Waals surface area contributed by atoms with Crippen LogP contribution in [0.4, 0.5) is 0 Å². The first-order valence-corrected chi connectivity index (χ1v) is 6.23. The van der Waals surface area contributed by atoms with Crippen LogP contribution in [0, 0.1) is 0 Å². The average molecular weight is 323 g/mol. The van der Waals surface area contributed by atoms with Gasteiger partial charge in [0.1, 0.15) is 11.4 Å². The summed E-state index contributed by atoms with van der Waals surface area (Å²) in [5, 5.41) is 0. The maximum Gasteiger partial charge on any atom is 0.272 e. The Morgan fingerprint density at radius 2 is 2.05 bits per heavy atom. The number of carbonyl (C=O) groups excluding carboxylic acids is 1. The molecular weight excluding hydrogens is 312 g/mol. The van der Waals surface area contributed by atoms with E-state index in [0.29, 0.717) is 12.2 Å². The summed E-state index contributed by atoms with van der Waals surface area (Å²) in [6.07, 6.45) is 1.70. The topological polar surface area (TPSA) is 101 Å². The van der Waals surface area contributed by atoms with Crippen LogP contribution >= 0.6 is 15.9 Å². The molecule has 0 aliphatic rings. The maximum atomic E-state index is 11.7. The fourth-order valence-corrected chi connectivity index (χ4v) is 1.82. The number of nitrogens with zero attached hydrogens (tertiary/aromatic N) is 1. The van der Waals surface area contributed by atoms with Crippen LogP contribution in [-0.4, -0.2) is 15.9 Å². The molecule has 2 aromatic rings. The summed E-state index contributed by atoms with van der Waals surface area (Å²) >= 11 is 3.35. The molecule has 1 heterocycles. The van der Waals surface area contributed by atoms with Crippen molar-refractivity contribution in [2.75, 3.05) is 0 Å². The number of H-pyrrole nitrogens is 1. The van der Waals surface area contributed by atoms with Gasteiger partial charge in [-0.1, -0.05) is 28.1 Å². The standard InChI is InChI=1S/C12H11BrN4O2/c13-8-3-1-7(2-4-8)5-10-15-6-9(11(18)16-10)12(19)17-14/h1-4,6H,5,14H2,(H,17,19)(H,15,16,18). The zero-order valence-electron chi connectivity index (χ0n) is 9.81. The molecule has 0 aliphatic carbocycles. The normalized spacial score (nSPS) is 10.2. The third-order valence-electron chi connectivity index (χ3n) is 2.51. The van der Waals surface area contributed by atoms with Gasteiger partial charge in [0, 0.05) is 17.1 Å².